The molecule has 26 heavy (non-hydrogen) atoms. The van der Waals surface area contributed by atoms with Gasteiger partial charge in [0.05, 0.1) is 11.0 Å². The number of carbonyl (C=O) groups is 1. The highest BCUT2D eigenvalue weighted by molar-refractivity contribution is 7.99. The van der Waals surface area contributed by atoms with E-state index in [1.807, 2.05) is 31.2 Å². The van der Waals surface area contributed by atoms with Gasteiger partial charge in [0.1, 0.15) is 6.54 Å². The topological polar surface area (TPSA) is 56.0 Å². The van der Waals surface area contributed by atoms with Gasteiger partial charge in [-0.3, -0.25) is 13.9 Å². The second-order valence-electron chi connectivity index (χ2n) is 6.11. The van der Waals surface area contributed by atoms with Gasteiger partial charge in [-0.05, 0) is 38.1 Å². The maximum atomic E-state index is 12.5. The fraction of sp³-hybridized carbons (Fsp3) is 0.300. The van der Waals surface area contributed by atoms with Crippen molar-refractivity contribution in [2.45, 2.75) is 31.8 Å². The Labute approximate surface area is 157 Å². The summed E-state index contributed by atoms with van der Waals surface area (Å²) in [5.41, 5.74) is 2.75. The van der Waals surface area contributed by atoms with Gasteiger partial charge in [-0.2, -0.15) is 0 Å². The van der Waals surface area contributed by atoms with Crippen LogP contribution in [-0.2, 0) is 17.9 Å². The molecule has 1 aromatic heterocycles. The molecule has 0 aliphatic heterocycles. The zero-order valence-corrected chi connectivity index (χ0v) is 15.9. The fourth-order valence-electron chi connectivity index (χ4n) is 2.92. The number of hydrogen-bond acceptors (Lipinski definition) is 3. The van der Waals surface area contributed by atoms with Crippen LogP contribution in [0.1, 0.15) is 12.5 Å². The molecular weight excluding hydrogens is 346 g/mol. The average Bonchev–Trinajstić information content (AvgIpc) is 2.91. The first-order valence-corrected chi connectivity index (χ1v) is 9.73. The molecule has 1 amide bonds. The standard InChI is InChI=1S/C20H23N3O2S/c1-3-22-17-6-4-5-7-18(17)23(20(22)25)14-19(24)21-12-13-26-16-10-8-15(2)9-11-16/h4-11H,3,12-14H2,1-2H3,(H,21,24). The van der Waals surface area contributed by atoms with Crippen molar-refractivity contribution in [1.29, 1.82) is 0 Å². The Morgan fingerprint density at radius 2 is 1.69 bits per heavy atom. The number of carbonyl (C=O) groups excluding carboxylic acids is 1. The van der Waals surface area contributed by atoms with Crippen LogP contribution >= 0.6 is 11.8 Å². The maximum Gasteiger partial charge on any atom is 0.329 e. The van der Waals surface area contributed by atoms with Crippen molar-refractivity contribution in [3.8, 4) is 0 Å². The van der Waals surface area contributed by atoms with Gasteiger partial charge in [-0.1, -0.05) is 29.8 Å². The lowest BCUT2D eigenvalue weighted by Crippen LogP contribution is -2.34. The van der Waals surface area contributed by atoms with Crippen LogP contribution in [0, 0.1) is 6.92 Å². The fourth-order valence-corrected chi connectivity index (χ4v) is 3.69. The highest BCUT2D eigenvalue weighted by atomic mass is 32.2. The zero-order chi connectivity index (χ0) is 18.5. The SMILES string of the molecule is CCn1c(=O)n(CC(=O)NCCSc2ccc(C)cc2)c2ccccc21. The van der Waals surface area contributed by atoms with E-state index < -0.39 is 0 Å². The first-order chi connectivity index (χ1) is 12.6. The number of aryl methyl sites for hydroxylation is 2. The number of rotatable bonds is 7. The summed E-state index contributed by atoms with van der Waals surface area (Å²) in [5, 5.41) is 2.90. The number of hydrogen-bond donors (Lipinski definition) is 1. The largest absolute Gasteiger partial charge is 0.354 e. The summed E-state index contributed by atoms with van der Waals surface area (Å²) < 4.78 is 3.23. The average molecular weight is 369 g/mol. The molecule has 0 saturated carbocycles. The molecule has 3 rings (SSSR count). The molecule has 0 aliphatic carbocycles. The Bertz CT molecular complexity index is 957. The van der Waals surface area contributed by atoms with E-state index in [1.54, 1.807) is 20.9 Å². The van der Waals surface area contributed by atoms with E-state index >= 15 is 0 Å². The lowest BCUT2D eigenvalue weighted by atomic mass is 10.2. The highest BCUT2D eigenvalue weighted by Gasteiger charge is 2.14. The number of thioether (sulfide) groups is 1. The molecule has 0 spiro atoms. The number of imidazole rings is 1. The number of benzene rings is 2. The lowest BCUT2D eigenvalue weighted by molar-refractivity contribution is -0.121. The van der Waals surface area contributed by atoms with E-state index in [1.165, 1.54) is 10.5 Å². The predicted octanol–water partition coefficient (Wildman–Crippen LogP) is 3.04. The van der Waals surface area contributed by atoms with Crippen LogP contribution in [0.4, 0.5) is 0 Å². The van der Waals surface area contributed by atoms with E-state index in [9.17, 15) is 9.59 Å². The van der Waals surface area contributed by atoms with Crippen LogP contribution in [0.3, 0.4) is 0 Å². The zero-order valence-electron chi connectivity index (χ0n) is 15.1. The van der Waals surface area contributed by atoms with Gasteiger partial charge >= 0.3 is 5.69 Å². The summed E-state index contributed by atoms with van der Waals surface area (Å²) in [6, 6.07) is 15.9. The van der Waals surface area contributed by atoms with Crippen molar-refractivity contribution < 1.29 is 4.79 Å². The molecular formula is C20H23N3O2S. The Balaban J connectivity index is 1.58. The lowest BCUT2D eigenvalue weighted by Gasteiger charge is -2.06. The van der Waals surface area contributed by atoms with E-state index in [4.69, 9.17) is 0 Å². The first-order valence-electron chi connectivity index (χ1n) is 8.74. The monoisotopic (exact) mass is 369 g/mol. The van der Waals surface area contributed by atoms with Crippen molar-refractivity contribution in [2.24, 2.45) is 0 Å². The minimum atomic E-state index is -0.143. The van der Waals surface area contributed by atoms with Gasteiger partial charge in [0.25, 0.3) is 0 Å². The van der Waals surface area contributed by atoms with Crippen LogP contribution < -0.4 is 11.0 Å². The molecule has 2 aromatic carbocycles. The maximum absolute atomic E-state index is 12.5. The van der Waals surface area contributed by atoms with Crippen molar-refractivity contribution in [3.05, 3.63) is 64.6 Å². The van der Waals surface area contributed by atoms with Gasteiger partial charge in [-0.15, -0.1) is 11.8 Å². The Kier molecular flexibility index (Phi) is 5.83. The molecule has 0 radical (unpaired) electrons. The summed E-state index contributed by atoms with van der Waals surface area (Å²) in [6.07, 6.45) is 0. The number of aromatic nitrogens is 2. The van der Waals surface area contributed by atoms with Gasteiger partial charge in [0.15, 0.2) is 0 Å². The number of para-hydroxylation sites is 2. The molecule has 0 aliphatic rings. The second kappa shape index (κ2) is 8.27. The quantitative estimate of drug-likeness (QED) is 0.514. The van der Waals surface area contributed by atoms with Crippen LogP contribution in [0.15, 0.2) is 58.2 Å². The molecule has 0 atom stereocenters. The van der Waals surface area contributed by atoms with Gasteiger partial charge in [-0.25, -0.2) is 4.79 Å². The third-order valence-corrected chi connectivity index (χ3v) is 5.27. The molecule has 0 bridgehead atoms. The number of amides is 1. The number of nitrogens with zero attached hydrogens (tertiary/aromatic N) is 2. The van der Waals surface area contributed by atoms with E-state index in [0.717, 1.165) is 16.8 Å². The smallest absolute Gasteiger partial charge is 0.329 e. The normalized spacial score (nSPS) is 11.0. The third kappa shape index (κ3) is 4.02. The van der Waals surface area contributed by atoms with Gasteiger partial charge in [0.2, 0.25) is 5.91 Å². The minimum Gasteiger partial charge on any atom is -0.354 e. The highest BCUT2D eigenvalue weighted by Crippen LogP contribution is 2.17. The molecule has 6 heteroatoms. The second-order valence-corrected chi connectivity index (χ2v) is 7.28. The first kappa shape index (κ1) is 18.3. The summed E-state index contributed by atoms with van der Waals surface area (Å²) in [6.45, 7) is 5.19. The molecule has 5 nitrogen and oxygen atoms in total. The molecule has 1 heterocycles. The van der Waals surface area contributed by atoms with E-state index in [-0.39, 0.29) is 18.1 Å². The van der Waals surface area contributed by atoms with Crippen LogP contribution in [0.25, 0.3) is 11.0 Å². The van der Waals surface area contributed by atoms with Crippen LogP contribution in [-0.4, -0.2) is 27.3 Å². The van der Waals surface area contributed by atoms with Crippen molar-refractivity contribution in [3.63, 3.8) is 0 Å². The Hall–Kier alpha value is -2.47. The Morgan fingerprint density at radius 3 is 2.35 bits per heavy atom. The molecule has 3 aromatic rings. The van der Waals surface area contributed by atoms with E-state index in [0.29, 0.717) is 13.1 Å². The van der Waals surface area contributed by atoms with Crippen LogP contribution in [0.5, 0.6) is 0 Å². The molecule has 1 N–H and O–H groups in total. The summed E-state index contributed by atoms with van der Waals surface area (Å²) in [5.74, 6) is 0.649. The summed E-state index contributed by atoms with van der Waals surface area (Å²) in [7, 11) is 0. The summed E-state index contributed by atoms with van der Waals surface area (Å²) in [4.78, 5) is 26.0. The van der Waals surface area contributed by atoms with Crippen molar-refractivity contribution in [1.82, 2.24) is 14.5 Å². The Morgan fingerprint density at radius 1 is 1.04 bits per heavy atom. The van der Waals surface area contributed by atoms with Gasteiger partial charge < -0.3 is 5.32 Å². The number of nitrogens with one attached hydrogen (secondary N) is 1. The van der Waals surface area contributed by atoms with Crippen molar-refractivity contribution >= 4 is 28.7 Å². The van der Waals surface area contributed by atoms with E-state index in [2.05, 4.69) is 36.5 Å². The third-order valence-electron chi connectivity index (χ3n) is 4.26. The van der Waals surface area contributed by atoms with Crippen LogP contribution in [0.2, 0.25) is 0 Å². The predicted molar refractivity (Wildman–Crippen MR) is 107 cm³/mol. The van der Waals surface area contributed by atoms with Crippen molar-refractivity contribution in [2.75, 3.05) is 12.3 Å². The minimum absolute atomic E-state index is 0.0432. The van der Waals surface area contributed by atoms with Gasteiger partial charge in [0, 0.05) is 23.7 Å². The molecule has 136 valence electrons. The molecule has 0 unspecified atom stereocenters. The molecule has 0 saturated heterocycles. The summed E-state index contributed by atoms with van der Waals surface area (Å²) >= 11 is 1.70. The molecule has 0 fully saturated rings. The number of fused-ring (bicyclic) bond motifs is 1.